The van der Waals surface area contributed by atoms with E-state index >= 15 is 0 Å². The van der Waals surface area contributed by atoms with Gasteiger partial charge in [-0.2, -0.15) is 0 Å². The first-order chi connectivity index (χ1) is 15.6. The van der Waals surface area contributed by atoms with Crippen LogP contribution in [-0.4, -0.2) is 59.6 Å². The van der Waals surface area contributed by atoms with E-state index in [-0.39, 0.29) is 6.54 Å². The Morgan fingerprint density at radius 3 is 2.18 bits per heavy atom. The molecule has 0 saturated carbocycles. The van der Waals surface area contributed by atoms with Gasteiger partial charge in [0.05, 0.1) is 7.11 Å². The largest absolute Gasteiger partial charge is 0.468 e. The second kappa shape index (κ2) is 11.5. The molecular formula is C25H35N3O6. The first kappa shape index (κ1) is 28.5. The quantitative estimate of drug-likeness (QED) is 0.465. The number of hydrogen-bond acceptors (Lipinski definition) is 6. The molecule has 0 aliphatic heterocycles. The predicted octanol–water partition coefficient (Wildman–Crippen LogP) is 2.54. The number of carbonyl (C=O) groups excluding carboxylic acids is 4. The number of terminal acetylenes is 1. The summed E-state index contributed by atoms with van der Waals surface area (Å²) in [6.45, 7) is 11.5. The van der Waals surface area contributed by atoms with Crippen LogP contribution in [0.15, 0.2) is 24.3 Å². The molecule has 2 atom stereocenters. The van der Waals surface area contributed by atoms with Gasteiger partial charge >= 0.3 is 12.1 Å². The molecule has 2 unspecified atom stereocenters. The Kier molecular flexibility index (Phi) is 9.68. The van der Waals surface area contributed by atoms with Crippen LogP contribution in [-0.2, 0) is 23.9 Å². The van der Waals surface area contributed by atoms with Crippen molar-refractivity contribution >= 4 is 23.9 Å². The Hall–Kier alpha value is -3.54. The molecule has 2 N–H and O–H groups in total. The summed E-state index contributed by atoms with van der Waals surface area (Å²) in [5.41, 5.74) is -0.815. The van der Waals surface area contributed by atoms with E-state index in [1.807, 2.05) is 0 Å². The molecule has 0 bridgehead atoms. The lowest BCUT2D eigenvalue weighted by molar-refractivity contribution is -0.149. The standard InChI is InChI=1S/C25H35N3O6/c1-10-17-13-11-12-14-18(17)20(21(30)26-15-19(29)33-9)28(24(3,4)5)22(31)16(2)27-23(32)34-25(6,7)8/h1,11-14,16,20H,15H2,2-9H3,(H,26,30)(H,27,32). The van der Waals surface area contributed by atoms with Crippen molar-refractivity contribution in [1.82, 2.24) is 15.5 Å². The van der Waals surface area contributed by atoms with Crippen molar-refractivity contribution in [2.45, 2.75) is 71.7 Å². The lowest BCUT2D eigenvalue weighted by atomic mass is 9.93. The van der Waals surface area contributed by atoms with Gasteiger partial charge in [0.2, 0.25) is 11.8 Å². The molecule has 1 aromatic rings. The van der Waals surface area contributed by atoms with Crippen molar-refractivity contribution in [3.05, 3.63) is 35.4 Å². The summed E-state index contributed by atoms with van der Waals surface area (Å²) in [6, 6.07) is 4.51. The third kappa shape index (κ3) is 8.10. The third-order valence-corrected chi connectivity index (χ3v) is 4.62. The number of methoxy groups -OCH3 is 1. The van der Waals surface area contributed by atoms with E-state index in [2.05, 4.69) is 21.3 Å². The summed E-state index contributed by atoms with van der Waals surface area (Å²) in [6.07, 6.45) is 4.90. The van der Waals surface area contributed by atoms with Crippen LogP contribution >= 0.6 is 0 Å². The lowest BCUT2D eigenvalue weighted by Gasteiger charge is -2.42. The van der Waals surface area contributed by atoms with Crippen LogP contribution in [0.1, 0.15) is 65.6 Å². The molecule has 3 amide bonds. The molecule has 1 aromatic carbocycles. The molecule has 0 aliphatic rings. The maximum Gasteiger partial charge on any atom is 0.408 e. The van der Waals surface area contributed by atoms with Gasteiger partial charge < -0.3 is 25.0 Å². The molecule has 0 spiro atoms. The zero-order chi connectivity index (χ0) is 26.3. The highest BCUT2D eigenvalue weighted by Crippen LogP contribution is 2.31. The van der Waals surface area contributed by atoms with Crippen LogP contribution in [0.2, 0.25) is 0 Å². The normalized spacial score (nSPS) is 13.0. The van der Waals surface area contributed by atoms with Crippen LogP contribution in [0, 0.1) is 12.3 Å². The fourth-order valence-electron chi connectivity index (χ4n) is 3.19. The van der Waals surface area contributed by atoms with Crippen molar-refractivity contribution in [1.29, 1.82) is 0 Å². The molecule has 1 rings (SSSR count). The van der Waals surface area contributed by atoms with Crippen LogP contribution in [0.25, 0.3) is 0 Å². The summed E-state index contributed by atoms with van der Waals surface area (Å²) in [4.78, 5) is 52.2. The van der Waals surface area contributed by atoms with E-state index in [9.17, 15) is 19.2 Å². The van der Waals surface area contributed by atoms with Crippen molar-refractivity contribution < 1.29 is 28.7 Å². The second-order valence-electron chi connectivity index (χ2n) is 9.68. The number of hydrogen-bond donors (Lipinski definition) is 2. The van der Waals surface area contributed by atoms with E-state index in [4.69, 9.17) is 11.2 Å². The van der Waals surface area contributed by atoms with Crippen molar-refractivity contribution in [2.24, 2.45) is 0 Å². The summed E-state index contributed by atoms with van der Waals surface area (Å²) in [7, 11) is 1.20. The summed E-state index contributed by atoms with van der Waals surface area (Å²) >= 11 is 0. The molecule has 0 saturated heterocycles. The highest BCUT2D eigenvalue weighted by atomic mass is 16.6. The van der Waals surface area contributed by atoms with Crippen LogP contribution < -0.4 is 10.6 Å². The van der Waals surface area contributed by atoms with Gasteiger partial charge in [0.25, 0.3) is 0 Å². The van der Waals surface area contributed by atoms with Gasteiger partial charge in [-0.1, -0.05) is 24.1 Å². The number of nitrogens with zero attached hydrogens (tertiary/aromatic N) is 1. The number of alkyl carbamates (subject to hydrolysis) is 1. The topological polar surface area (TPSA) is 114 Å². The highest BCUT2D eigenvalue weighted by molar-refractivity contribution is 5.93. The molecule has 186 valence electrons. The molecule has 0 heterocycles. The fraction of sp³-hybridized carbons (Fsp3) is 0.520. The van der Waals surface area contributed by atoms with Crippen molar-refractivity contribution in [3.8, 4) is 12.3 Å². The minimum Gasteiger partial charge on any atom is -0.468 e. The Labute approximate surface area is 201 Å². The van der Waals surface area contributed by atoms with E-state index < -0.39 is 47.1 Å². The predicted molar refractivity (Wildman–Crippen MR) is 128 cm³/mol. The molecule has 0 radical (unpaired) electrons. The molecule has 0 aromatic heterocycles. The summed E-state index contributed by atoms with van der Waals surface area (Å²) < 4.78 is 9.85. The molecule has 34 heavy (non-hydrogen) atoms. The van der Waals surface area contributed by atoms with Gasteiger partial charge in [-0.3, -0.25) is 14.4 Å². The maximum absolute atomic E-state index is 13.6. The summed E-state index contributed by atoms with van der Waals surface area (Å²) in [5, 5.41) is 5.04. The SMILES string of the molecule is C#Cc1ccccc1C(C(=O)NCC(=O)OC)N(C(=O)C(C)NC(=O)OC(C)(C)C)C(C)(C)C. The number of amides is 3. The number of nitrogens with one attached hydrogen (secondary N) is 2. The summed E-state index contributed by atoms with van der Waals surface area (Å²) in [5.74, 6) is 0.730. The van der Waals surface area contributed by atoms with Gasteiger partial charge in [0, 0.05) is 11.1 Å². The lowest BCUT2D eigenvalue weighted by Crippen LogP contribution is -2.58. The zero-order valence-corrected chi connectivity index (χ0v) is 21.1. The van der Waals surface area contributed by atoms with Crippen molar-refractivity contribution in [3.63, 3.8) is 0 Å². The number of rotatable bonds is 7. The Balaban J connectivity index is 3.47. The van der Waals surface area contributed by atoms with Crippen LogP contribution in [0.5, 0.6) is 0 Å². The maximum atomic E-state index is 13.6. The third-order valence-electron chi connectivity index (χ3n) is 4.62. The Morgan fingerprint density at radius 1 is 1.09 bits per heavy atom. The van der Waals surface area contributed by atoms with Gasteiger partial charge in [0.15, 0.2) is 0 Å². The monoisotopic (exact) mass is 473 g/mol. The molecule has 0 aliphatic carbocycles. The average Bonchev–Trinajstić information content (AvgIpc) is 2.72. The first-order valence-electron chi connectivity index (χ1n) is 10.8. The number of carbonyl (C=O) groups is 4. The van der Waals surface area contributed by atoms with Crippen LogP contribution in [0.4, 0.5) is 4.79 Å². The average molecular weight is 474 g/mol. The fourth-order valence-corrected chi connectivity index (χ4v) is 3.19. The van der Waals surface area contributed by atoms with Gasteiger partial charge in [-0.05, 0) is 60.1 Å². The number of esters is 1. The number of benzene rings is 1. The van der Waals surface area contributed by atoms with Gasteiger partial charge in [0.1, 0.15) is 24.2 Å². The Morgan fingerprint density at radius 2 is 1.68 bits per heavy atom. The van der Waals surface area contributed by atoms with Crippen molar-refractivity contribution in [2.75, 3.05) is 13.7 Å². The Bertz CT molecular complexity index is 953. The molecule has 9 nitrogen and oxygen atoms in total. The van der Waals surface area contributed by atoms with E-state index in [1.165, 1.54) is 18.9 Å². The minimum absolute atomic E-state index is 0.387. The van der Waals surface area contributed by atoms with Gasteiger partial charge in [-0.15, -0.1) is 6.42 Å². The molecule has 0 fully saturated rings. The van der Waals surface area contributed by atoms with Crippen LogP contribution in [0.3, 0.4) is 0 Å². The molecule has 9 heteroatoms. The molecular weight excluding hydrogens is 438 g/mol. The first-order valence-corrected chi connectivity index (χ1v) is 10.8. The minimum atomic E-state index is -1.19. The van der Waals surface area contributed by atoms with Gasteiger partial charge in [-0.25, -0.2) is 4.79 Å². The van der Waals surface area contributed by atoms with E-state index in [0.29, 0.717) is 11.1 Å². The highest BCUT2D eigenvalue weighted by Gasteiger charge is 2.41. The smallest absolute Gasteiger partial charge is 0.408 e. The van der Waals surface area contributed by atoms with E-state index in [1.54, 1.807) is 65.8 Å². The number of ether oxygens (including phenoxy) is 2. The zero-order valence-electron chi connectivity index (χ0n) is 21.1. The second-order valence-corrected chi connectivity index (χ2v) is 9.68. The van der Waals surface area contributed by atoms with E-state index in [0.717, 1.165) is 0 Å².